The molecule has 0 saturated heterocycles. The van der Waals surface area contributed by atoms with Crippen LogP contribution < -0.4 is 4.90 Å². The van der Waals surface area contributed by atoms with Gasteiger partial charge in [-0.2, -0.15) is 4.31 Å². The highest BCUT2D eigenvalue weighted by Crippen LogP contribution is 2.32. The smallest absolute Gasteiger partial charge is 0.244 e. The van der Waals surface area contributed by atoms with Crippen LogP contribution in [0.3, 0.4) is 0 Å². The first-order valence-corrected chi connectivity index (χ1v) is 11.3. The molecule has 0 saturated carbocycles. The van der Waals surface area contributed by atoms with Gasteiger partial charge in [0.2, 0.25) is 15.9 Å². The van der Waals surface area contributed by atoms with Crippen LogP contribution in [0.15, 0.2) is 36.7 Å². The standard InChI is InChI=1S/C19H22N4O3S2/c1-13-8-14(2)18-16(9-13)27-19(21-18)23(11-15-6-5-7-20-10-15)17(24)12-22(3)28(4,25)26/h5-10H,11-12H2,1-4H3. The molecule has 0 aliphatic heterocycles. The van der Waals surface area contributed by atoms with E-state index in [-0.39, 0.29) is 19.0 Å². The van der Waals surface area contributed by atoms with E-state index in [1.807, 2.05) is 26.0 Å². The summed E-state index contributed by atoms with van der Waals surface area (Å²) in [7, 11) is -2.08. The van der Waals surface area contributed by atoms with E-state index in [9.17, 15) is 13.2 Å². The van der Waals surface area contributed by atoms with Crippen LogP contribution in [-0.4, -0.2) is 48.4 Å². The number of thiazole rings is 1. The minimum absolute atomic E-state index is 0.257. The van der Waals surface area contributed by atoms with E-state index < -0.39 is 10.0 Å². The average molecular weight is 419 g/mol. The van der Waals surface area contributed by atoms with Crippen LogP contribution in [0.25, 0.3) is 10.2 Å². The van der Waals surface area contributed by atoms with E-state index in [4.69, 9.17) is 0 Å². The van der Waals surface area contributed by atoms with E-state index in [1.165, 1.54) is 23.3 Å². The van der Waals surface area contributed by atoms with Crippen molar-refractivity contribution >= 4 is 42.6 Å². The number of fused-ring (bicyclic) bond motifs is 1. The van der Waals surface area contributed by atoms with Crippen LogP contribution in [0.5, 0.6) is 0 Å². The SMILES string of the molecule is Cc1cc(C)c2nc(N(Cc3cccnc3)C(=O)CN(C)S(C)(=O)=O)sc2c1. The van der Waals surface area contributed by atoms with Crippen LogP contribution in [0.4, 0.5) is 5.13 Å². The molecule has 148 valence electrons. The lowest BCUT2D eigenvalue weighted by atomic mass is 10.1. The van der Waals surface area contributed by atoms with E-state index in [1.54, 1.807) is 18.5 Å². The molecule has 9 heteroatoms. The summed E-state index contributed by atoms with van der Waals surface area (Å²) in [5.74, 6) is -0.342. The van der Waals surface area contributed by atoms with Crippen LogP contribution in [0.2, 0.25) is 0 Å². The highest BCUT2D eigenvalue weighted by molar-refractivity contribution is 7.88. The van der Waals surface area contributed by atoms with Crippen LogP contribution in [0, 0.1) is 13.8 Å². The van der Waals surface area contributed by atoms with Crippen molar-refractivity contribution in [2.45, 2.75) is 20.4 Å². The third-order valence-electron chi connectivity index (χ3n) is 4.34. The molecule has 0 aliphatic carbocycles. The van der Waals surface area contributed by atoms with Gasteiger partial charge >= 0.3 is 0 Å². The van der Waals surface area contributed by atoms with Gasteiger partial charge in [0.1, 0.15) is 0 Å². The molecule has 0 radical (unpaired) electrons. The molecule has 0 bridgehead atoms. The predicted octanol–water partition coefficient (Wildman–Crippen LogP) is 2.73. The van der Waals surface area contributed by atoms with Gasteiger partial charge in [-0.15, -0.1) is 0 Å². The van der Waals surface area contributed by atoms with Crippen LogP contribution in [-0.2, 0) is 21.4 Å². The average Bonchev–Trinajstić information content (AvgIpc) is 3.03. The van der Waals surface area contributed by atoms with Crippen molar-refractivity contribution < 1.29 is 13.2 Å². The number of rotatable bonds is 6. The Morgan fingerprint density at radius 3 is 2.64 bits per heavy atom. The summed E-state index contributed by atoms with van der Waals surface area (Å²) in [6, 6.07) is 7.76. The van der Waals surface area contributed by atoms with Crippen molar-refractivity contribution in [3.63, 3.8) is 0 Å². The number of aryl methyl sites for hydroxylation is 2. The fraction of sp³-hybridized carbons (Fsp3) is 0.316. The molecule has 0 N–H and O–H groups in total. The zero-order chi connectivity index (χ0) is 20.5. The molecule has 28 heavy (non-hydrogen) atoms. The lowest BCUT2D eigenvalue weighted by Gasteiger charge is -2.22. The second-order valence-electron chi connectivity index (χ2n) is 6.79. The highest BCUT2D eigenvalue weighted by Gasteiger charge is 2.24. The Hall–Kier alpha value is -2.36. The van der Waals surface area contributed by atoms with Gasteiger partial charge in [0.15, 0.2) is 5.13 Å². The molecule has 0 unspecified atom stereocenters. The van der Waals surface area contributed by atoms with Crippen molar-refractivity contribution in [2.75, 3.05) is 24.7 Å². The Morgan fingerprint density at radius 2 is 2.00 bits per heavy atom. The van der Waals surface area contributed by atoms with E-state index in [0.29, 0.717) is 5.13 Å². The number of carbonyl (C=O) groups excluding carboxylic acids is 1. The Labute approximate surface area is 168 Å². The number of carbonyl (C=O) groups is 1. The predicted molar refractivity (Wildman–Crippen MR) is 112 cm³/mol. The Bertz CT molecular complexity index is 1110. The number of benzene rings is 1. The number of nitrogens with zero attached hydrogens (tertiary/aromatic N) is 4. The van der Waals surface area contributed by atoms with Crippen molar-refractivity contribution in [3.05, 3.63) is 53.3 Å². The fourth-order valence-electron chi connectivity index (χ4n) is 2.80. The van der Waals surface area contributed by atoms with Gasteiger partial charge in [-0.25, -0.2) is 13.4 Å². The molecule has 3 rings (SSSR count). The summed E-state index contributed by atoms with van der Waals surface area (Å²) >= 11 is 1.42. The number of aromatic nitrogens is 2. The molecule has 2 heterocycles. The molecule has 2 aromatic heterocycles. The highest BCUT2D eigenvalue weighted by atomic mass is 32.2. The minimum atomic E-state index is -3.47. The molecule has 1 amide bonds. The van der Waals surface area contributed by atoms with Crippen molar-refractivity contribution in [1.82, 2.24) is 14.3 Å². The van der Waals surface area contributed by atoms with Gasteiger partial charge in [0.25, 0.3) is 0 Å². The second-order valence-corrected chi connectivity index (χ2v) is 9.88. The normalized spacial score (nSPS) is 11.9. The van der Waals surface area contributed by atoms with Crippen molar-refractivity contribution in [3.8, 4) is 0 Å². The van der Waals surface area contributed by atoms with E-state index in [2.05, 4.69) is 16.0 Å². The first kappa shape index (κ1) is 20.4. The zero-order valence-electron chi connectivity index (χ0n) is 16.2. The maximum absolute atomic E-state index is 13.0. The maximum Gasteiger partial charge on any atom is 0.244 e. The van der Waals surface area contributed by atoms with Gasteiger partial charge in [-0.3, -0.25) is 14.7 Å². The first-order valence-electron chi connectivity index (χ1n) is 8.63. The van der Waals surface area contributed by atoms with E-state index >= 15 is 0 Å². The van der Waals surface area contributed by atoms with Gasteiger partial charge in [0, 0.05) is 19.4 Å². The molecular formula is C19H22N4O3S2. The number of sulfonamides is 1. The van der Waals surface area contributed by atoms with Crippen LogP contribution >= 0.6 is 11.3 Å². The minimum Gasteiger partial charge on any atom is -0.282 e. The Balaban J connectivity index is 2.00. The number of anilines is 1. The fourth-order valence-corrected chi connectivity index (χ4v) is 4.31. The molecule has 0 spiro atoms. The van der Waals surface area contributed by atoms with E-state index in [0.717, 1.165) is 37.5 Å². The van der Waals surface area contributed by atoms with Crippen LogP contribution in [0.1, 0.15) is 16.7 Å². The van der Waals surface area contributed by atoms with Crippen molar-refractivity contribution in [1.29, 1.82) is 0 Å². The summed E-state index contributed by atoms with van der Waals surface area (Å²) in [6.07, 6.45) is 4.43. The summed E-state index contributed by atoms with van der Waals surface area (Å²) in [5.41, 5.74) is 3.86. The molecule has 1 aromatic carbocycles. The lowest BCUT2D eigenvalue weighted by molar-refractivity contribution is -0.118. The molecule has 0 atom stereocenters. The number of pyridine rings is 1. The summed E-state index contributed by atoms with van der Waals surface area (Å²) in [6.45, 7) is 4.02. The topological polar surface area (TPSA) is 83.5 Å². The second kappa shape index (κ2) is 7.94. The summed E-state index contributed by atoms with van der Waals surface area (Å²) < 4.78 is 25.5. The van der Waals surface area contributed by atoms with Gasteiger partial charge in [-0.05, 0) is 42.7 Å². The van der Waals surface area contributed by atoms with Gasteiger partial charge < -0.3 is 0 Å². The number of hydrogen-bond acceptors (Lipinski definition) is 6. The number of likely N-dealkylation sites (N-methyl/N-ethyl adjacent to an activating group) is 1. The van der Waals surface area contributed by atoms with Gasteiger partial charge in [-0.1, -0.05) is 23.5 Å². The Morgan fingerprint density at radius 1 is 1.25 bits per heavy atom. The molecular weight excluding hydrogens is 396 g/mol. The maximum atomic E-state index is 13.0. The lowest BCUT2D eigenvalue weighted by Crippen LogP contribution is -2.40. The Kier molecular flexibility index (Phi) is 5.78. The third kappa shape index (κ3) is 4.54. The quantitative estimate of drug-likeness (QED) is 0.615. The van der Waals surface area contributed by atoms with Crippen molar-refractivity contribution in [2.24, 2.45) is 0 Å². The largest absolute Gasteiger partial charge is 0.282 e. The molecule has 7 nitrogen and oxygen atoms in total. The van der Waals surface area contributed by atoms with Gasteiger partial charge in [0.05, 0.1) is 29.6 Å². The number of hydrogen-bond donors (Lipinski definition) is 0. The molecule has 0 fully saturated rings. The third-order valence-corrected chi connectivity index (χ3v) is 6.62. The number of amides is 1. The summed E-state index contributed by atoms with van der Waals surface area (Å²) in [4.78, 5) is 23.3. The summed E-state index contributed by atoms with van der Waals surface area (Å²) in [5, 5.41) is 0.541. The molecule has 3 aromatic rings. The first-order chi connectivity index (χ1) is 13.1. The monoisotopic (exact) mass is 418 g/mol. The molecule has 0 aliphatic rings. The zero-order valence-corrected chi connectivity index (χ0v) is 17.8.